The first-order valence-electron chi connectivity index (χ1n) is 9.76. The van der Waals surface area contributed by atoms with Crippen molar-refractivity contribution in [3.05, 3.63) is 35.5 Å². The van der Waals surface area contributed by atoms with Crippen molar-refractivity contribution in [1.82, 2.24) is 9.88 Å². The number of carbonyl (C=O) groups is 1. The van der Waals surface area contributed by atoms with Crippen molar-refractivity contribution in [2.24, 2.45) is 10.6 Å². The molecule has 27 heavy (non-hydrogen) atoms. The minimum Gasteiger partial charge on any atom is -0.464 e. The Hall–Kier alpha value is -2.34. The van der Waals surface area contributed by atoms with Gasteiger partial charge >= 0.3 is 5.97 Å². The van der Waals surface area contributed by atoms with Gasteiger partial charge in [0.1, 0.15) is 0 Å². The number of esters is 1. The maximum Gasteiger partial charge on any atom is 0.355 e. The number of aromatic nitrogens is 1. The molecule has 2 aliphatic rings. The molecule has 1 aromatic carbocycles. The lowest BCUT2D eigenvalue weighted by Crippen LogP contribution is -2.50. The Bertz CT molecular complexity index is 888. The predicted molar refractivity (Wildman–Crippen MR) is 104 cm³/mol. The summed E-state index contributed by atoms with van der Waals surface area (Å²) in [7, 11) is 1.33. The number of H-pyrrole nitrogens is 1. The molecule has 3 heterocycles. The SMILES string of the molecule is CC[C@]1(CC(=NO)C(=O)OC)CCCN2CCc3c([nH]c4ccccc34)[C@H]21. The molecule has 1 fully saturated rings. The lowest BCUT2D eigenvalue weighted by Gasteiger charge is -2.52. The summed E-state index contributed by atoms with van der Waals surface area (Å²) in [6.07, 6.45) is 4.44. The third-order valence-electron chi connectivity index (χ3n) is 6.60. The minimum atomic E-state index is -0.546. The number of methoxy groups -OCH3 is 1. The molecule has 0 amide bonds. The van der Waals surface area contributed by atoms with E-state index < -0.39 is 5.97 Å². The number of nitrogens with one attached hydrogen (secondary N) is 1. The molecule has 0 aliphatic carbocycles. The van der Waals surface area contributed by atoms with Crippen LogP contribution in [0.15, 0.2) is 29.4 Å². The summed E-state index contributed by atoms with van der Waals surface area (Å²) in [4.78, 5) is 18.3. The number of para-hydroxylation sites is 1. The fourth-order valence-corrected chi connectivity index (χ4v) is 5.28. The number of rotatable bonds is 4. The molecule has 2 aliphatic heterocycles. The van der Waals surface area contributed by atoms with Gasteiger partial charge < -0.3 is 14.9 Å². The molecule has 6 nitrogen and oxygen atoms in total. The normalized spacial score (nSPS) is 25.9. The Morgan fingerprint density at radius 3 is 2.96 bits per heavy atom. The van der Waals surface area contributed by atoms with Gasteiger partial charge in [-0.05, 0) is 49.3 Å². The second kappa shape index (κ2) is 7.00. The maximum absolute atomic E-state index is 12.1. The van der Waals surface area contributed by atoms with E-state index in [0.717, 1.165) is 38.8 Å². The van der Waals surface area contributed by atoms with E-state index in [1.165, 1.54) is 29.3 Å². The van der Waals surface area contributed by atoms with Crippen LogP contribution in [0.1, 0.15) is 49.9 Å². The van der Waals surface area contributed by atoms with E-state index in [4.69, 9.17) is 4.74 Å². The molecule has 1 aromatic heterocycles. The molecule has 6 heteroatoms. The van der Waals surface area contributed by atoms with Crippen LogP contribution in [0.5, 0.6) is 0 Å². The average molecular weight is 369 g/mol. The zero-order valence-corrected chi connectivity index (χ0v) is 16.0. The number of hydrogen-bond donors (Lipinski definition) is 2. The summed E-state index contributed by atoms with van der Waals surface area (Å²) in [5.41, 5.74) is 3.79. The van der Waals surface area contributed by atoms with Crippen LogP contribution in [-0.2, 0) is 16.0 Å². The minimum absolute atomic E-state index is 0.115. The van der Waals surface area contributed by atoms with Gasteiger partial charge in [-0.15, -0.1) is 0 Å². The number of nitrogens with zero attached hydrogens (tertiary/aromatic N) is 2. The van der Waals surface area contributed by atoms with Crippen LogP contribution in [0.2, 0.25) is 0 Å². The summed E-state index contributed by atoms with van der Waals surface area (Å²) >= 11 is 0. The van der Waals surface area contributed by atoms with E-state index in [1.807, 2.05) is 0 Å². The number of benzene rings is 1. The summed E-state index contributed by atoms with van der Waals surface area (Å²) in [5, 5.41) is 14.0. The monoisotopic (exact) mass is 369 g/mol. The Labute approximate surface area is 159 Å². The quantitative estimate of drug-likeness (QED) is 0.373. The van der Waals surface area contributed by atoms with Gasteiger partial charge in [-0.25, -0.2) is 4.79 Å². The van der Waals surface area contributed by atoms with E-state index in [-0.39, 0.29) is 17.2 Å². The van der Waals surface area contributed by atoms with Gasteiger partial charge in [0, 0.05) is 29.6 Å². The van der Waals surface area contributed by atoms with Crippen LogP contribution in [0.25, 0.3) is 10.9 Å². The Morgan fingerprint density at radius 2 is 2.22 bits per heavy atom. The number of hydrogen-bond acceptors (Lipinski definition) is 5. The second-order valence-corrected chi connectivity index (χ2v) is 7.79. The smallest absolute Gasteiger partial charge is 0.355 e. The van der Waals surface area contributed by atoms with Gasteiger partial charge in [0.2, 0.25) is 0 Å². The largest absolute Gasteiger partial charge is 0.464 e. The van der Waals surface area contributed by atoms with Gasteiger partial charge in [-0.3, -0.25) is 4.90 Å². The zero-order valence-electron chi connectivity index (χ0n) is 16.0. The Morgan fingerprint density at radius 1 is 1.41 bits per heavy atom. The first-order valence-corrected chi connectivity index (χ1v) is 9.76. The highest BCUT2D eigenvalue weighted by molar-refractivity contribution is 6.36. The van der Waals surface area contributed by atoms with Gasteiger partial charge in [0.25, 0.3) is 0 Å². The molecule has 2 atom stereocenters. The number of ether oxygens (including phenoxy) is 1. The highest BCUT2D eigenvalue weighted by atomic mass is 16.5. The lowest BCUT2D eigenvalue weighted by atomic mass is 9.65. The number of carbonyl (C=O) groups excluding carboxylic acids is 1. The van der Waals surface area contributed by atoms with Crippen molar-refractivity contribution in [2.75, 3.05) is 20.2 Å². The lowest BCUT2D eigenvalue weighted by molar-refractivity contribution is -0.133. The molecule has 2 N–H and O–H groups in total. The first kappa shape index (κ1) is 18.0. The van der Waals surface area contributed by atoms with E-state index in [1.54, 1.807) is 0 Å². The topological polar surface area (TPSA) is 77.9 Å². The van der Waals surface area contributed by atoms with Crippen LogP contribution in [0.3, 0.4) is 0 Å². The molecule has 0 unspecified atom stereocenters. The van der Waals surface area contributed by atoms with Crippen LogP contribution in [0.4, 0.5) is 0 Å². The summed E-state index contributed by atoms with van der Waals surface area (Å²) in [5.74, 6) is -0.546. The molecule has 1 saturated heterocycles. The Balaban J connectivity index is 1.81. The first-order chi connectivity index (χ1) is 13.1. The maximum atomic E-state index is 12.1. The summed E-state index contributed by atoms with van der Waals surface area (Å²) < 4.78 is 4.84. The van der Waals surface area contributed by atoms with E-state index >= 15 is 0 Å². The van der Waals surface area contributed by atoms with Gasteiger partial charge in [-0.2, -0.15) is 0 Å². The van der Waals surface area contributed by atoms with Gasteiger partial charge in [0.05, 0.1) is 13.2 Å². The molecular formula is C21H27N3O3. The fraction of sp³-hybridized carbons (Fsp3) is 0.524. The molecule has 144 valence electrons. The molecule has 4 rings (SSSR count). The van der Waals surface area contributed by atoms with Crippen LogP contribution >= 0.6 is 0 Å². The molecular weight excluding hydrogens is 342 g/mol. The van der Waals surface area contributed by atoms with Crippen LogP contribution < -0.4 is 0 Å². The van der Waals surface area contributed by atoms with Gasteiger partial charge in [-0.1, -0.05) is 30.3 Å². The molecule has 2 aromatic rings. The molecule has 0 saturated carbocycles. The van der Waals surface area contributed by atoms with E-state index in [9.17, 15) is 10.0 Å². The molecule has 0 radical (unpaired) electrons. The number of aromatic amines is 1. The van der Waals surface area contributed by atoms with Gasteiger partial charge in [0.15, 0.2) is 5.71 Å². The number of oxime groups is 1. The molecule has 0 spiro atoms. The Kier molecular flexibility index (Phi) is 4.68. The second-order valence-electron chi connectivity index (χ2n) is 7.79. The number of fused-ring (bicyclic) bond motifs is 5. The standard InChI is InChI=1S/C21H27N3O3/c1-3-21(13-17(23-26)20(25)27-2)10-6-11-24-12-9-15-14-7-4-5-8-16(14)22-18(15)19(21)24/h4-5,7-8,19,22,26H,3,6,9-13H2,1-2H3/t19-,21+/m0/s1. The van der Waals surface area contributed by atoms with Crippen molar-refractivity contribution in [3.8, 4) is 0 Å². The van der Waals surface area contributed by atoms with E-state index in [2.05, 4.69) is 46.2 Å². The number of piperidine rings is 1. The molecule has 0 bridgehead atoms. The third kappa shape index (κ3) is 2.83. The highest BCUT2D eigenvalue weighted by Gasteiger charge is 2.48. The van der Waals surface area contributed by atoms with Crippen LogP contribution in [0, 0.1) is 5.41 Å². The average Bonchev–Trinajstić information content (AvgIpc) is 3.10. The third-order valence-corrected chi connectivity index (χ3v) is 6.60. The van der Waals surface area contributed by atoms with Crippen molar-refractivity contribution in [3.63, 3.8) is 0 Å². The zero-order chi connectivity index (χ0) is 19.0. The predicted octanol–water partition coefficient (Wildman–Crippen LogP) is 3.65. The van der Waals surface area contributed by atoms with Crippen molar-refractivity contribution >= 4 is 22.6 Å². The fourth-order valence-electron chi connectivity index (χ4n) is 5.28. The van der Waals surface area contributed by atoms with E-state index in [0.29, 0.717) is 6.42 Å². The summed E-state index contributed by atoms with van der Waals surface area (Å²) in [6, 6.07) is 8.65. The highest BCUT2D eigenvalue weighted by Crippen LogP contribution is 2.53. The van der Waals surface area contributed by atoms with Crippen molar-refractivity contribution < 1.29 is 14.7 Å². The van der Waals surface area contributed by atoms with Crippen LogP contribution in [-0.4, -0.2) is 47.0 Å². The van der Waals surface area contributed by atoms with Crippen molar-refractivity contribution in [2.45, 2.75) is 45.1 Å². The van der Waals surface area contributed by atoms with Crippen molar-refractivity contribution in [1.29, 1.82) is 0 Å². The summed E-state index contributed by atoms with van der Waals surface area (Å²) in [6.45, 7) is 4.25.